The molecule has 5 nitrogen and oxygen atoms in total. The summed E-state index contributed by atoms with van der Waals surface area (Å²) in [5, 5.41) is 11.1. The first-order valence-electron chi connectivity index (χ1n) is 11.3. The Bertz CT molecular complexity index is 1240. The lowest BCUT2D eigenvalue weighted by molar-refractivity contribution is -0.140. The van der Waals surface area contributed by atoms with E-state index in [4.69, 9.17) is 4.74 Å². The van der Waals surface area contributed by atoms with Gasteiger partial charge >= 0.3 is 0 Å². The first kappa shape index (κ1) is 23.3. The molecule has 3 aromatic carbocycles. The van der Waals surface area contributed by atoms with Crippen LogP contribution in [0.25, 0.3) is 5.76 Å². The number of likely N-dealkylation sites (tertiary alicyclic amines) is 1. The zero-order chi connectivity index (χ0) is 24.5. The summed E-state index contributed by atoms with van der Waals surface area (Å²) < 4.78 is 5.89. The maximum Gasteiger partial charge on any atom is 0.295 e. The molecule has 1 aliphatic rings. The van der Waals surface area contributed by atoms with Crippen LogP contribution in [0.4, 0.5) is 0 Å². The van der Waals surface area contributed by atoms with E-state index in [1.54, 1.807) is 24.3 Å². The Hall–Kier alpha value is -3.86. The van der Waals surface area contributed by atoms with Crippen LogP contribution >= 0.6 is 0 Å². The molecule has 3 aromatic rings. The Labute approximate surface area is 200 Å². The van der Waals surface area contributed by atoms with Gasteiger partial charge in [0.25, 0.3) is 11.7 Å². The zero-order valence-electron chi connectivity index (χ0n) is 19.9. The van der Waals surface area contributed by atoms with Gasteiger partial charge in [0.1, 0.15) is 17.1 Å². The predicted octanol–water partition coefficient (Wildman–Crippen LogP) is 5.79. The lowest BCUT2D eigenvalue weighted by Gasteiger charge is -2.26. The highest BCUT2D eigenvalue weighted by molar-refractivity contribution is 6.46. The third kappa shape index (κ3) is 4.88. The zero-order valence-corrected chi connectivity index (χ0v) is 19.9. The summed E-state index contributed by atoms with van der Waals surface area (Å²) in [6, 6.07) is 23.4. The number of ether oxygens (including phenoxy) is 1. The van der Waals surface area contributed by atoms with Crippen molar-refractivity contribution >= 4 is 17.4 Å². The molecule has 1 amide bonds. The summed E-state index contributed by atoms with van der Waals surface area (Å²) in [6.45, 7) is 8.13. The minimum atomic E-state index is -0.689. The van der Waals surface area contributed by atoms with Crippen LogP contribution in [-0.4, -0.2) is 27.3 Å². The van der Waals surface area contributed by atoms with E-state index >= 15 is 0 Å². The van der Waals surface area contributed by atoms with Crippen molar-refractivity contribution in [1.82, 2.24) is 4.90 Å². The Balaban J connectivity index is 1.75. The summed E-state index contributed by atoms with van der Waals surface area (Å²) in [4.78, 5) is 27.9. The van der Waals surface area contributed by atoms with Crippen molar-refractivity contribution in [2.24, 2.45) is 0 Å². The van der Waals surface area contributed by atoms with Crippen molar-refractivity contribution in [1.29, 1.82) is 0 Å². The van der Waals surface area contributed by atoms with E-state index < -0.39 is 17.7 Å². The molecule has 0 aromatic heterocycles. The number of carbonyl (C=O) groups is 2. The quantitative estimate of drug-likeness (QED) is 0.300. The van der Waals surface area contributed by atoms with Gasteiger partial charge in [-0.2, -0.15) is 0 Å². The van der Waals surface area contributed by atoms with Crippen LogP contribution in [0, 0.1) is 6.92 Å². The summed E-state index contributed by atoms with van der Waals surface area (Å²) in [5.41, 5.74) is 2.94. The van der Waals surface area contributed by atoms with Gasteiger partial charge in [-0.1, -0.05) is 72.3 Å². The third-order valence-electron chi connectivity index (χ3n) is 5.65. The molecule has 4 rings (SSSR count). The SMILES string of the molecule is Cc1cccc(C2/C(=C(/O)c3ccccc3)C(=O)C(=O)N2Cc2ccc(OC(C)(C)C)cc2)c1. The standard InChI is InChI=1S/C29H29NO4/c1-19-9-8-12-22(17-19)25-24(26(31)21-10-6-5-7-11-21)27(32)28(33)30(25)18-20-13-15-23(16-14-20)34-29(2,3)4/h5-17,25,31H,18H2,1-4H3/b26-24-. The molecule has 1 unspecified atom stereocenters. The van der Waals surface area contributed by atoms with Gasteiger partial charge in [-0.3, -0.25) is 9.59 Å². The number of carbonyl (C=O) groups excluding carboxylic acids is 2. The summed E-state index contributed by atoms with van der Waals surface area (Å²) >= 11 is 0. The second-order valence-corrected chi connectivity index (χ2v) is 9.57. The van der Waals surface area contributed by atoms with Crippen LogP contribution in [0.3, 0.4) is 0 Å². The summed E-state index contributed by atoms with van der Waals surface area (Å²) in [7, 11) is 0. The molecular weight excluding hydrogens is 426 g/mol. The monoisotopic (exact) mass is 455 g/mol. The molecule has 0 spiro atoms. The molecule has 0 saturated carbocycles. The Morgan fingerprint density at radius 2 is 1.62 bits per heavy atom. The average Bonchev–Trinajstić information content (AvgIpc) is 3.04. The van der Waals surface area contributed by atoms with E-state index in [9.17, 15) is 14.7 Å². The predicted molar refractivity (Wildman–Crippen MR) is 132 cm³/mol. The van der Waals surface area contributed by atoms with Gasteiger partial charge in [-0.15, -0.1) is 0 Å². The molecule has 1 heterocycles. The van der Waals surface area contributed by atoms with E-state index in [0.29, 0.717) is 5.56 Å². The number of hydrogen-bond donors (Lipinski definition) is 1. The van der Waals surface area contributed by atoms with Crippen molar-refractivity contribution in [3.8, 4) is 5.75 Å². The molecule has 34 heavy (non-hydrogen) atoms. The summed E-state index contributed by atoms with van der Waals surface area (Å²) in [5.74, 6) is -0.737. The third-order valence-corrected chi connectivity index (χ3v) is 5.65. The lowest BCUT2D eigenvalue weighted by Crippen LogP contribution is -2.29. The number of Topliss-reactive ketones (excluding diaryl/α,β-unsaturated/α-hetero) is 1. The van der Waals surface area contributed by atoms with Gasteiger partial charge in [0.05, 0.1) is 11.6 Å². The van der Waals surface area contributed by atoms with Gasteiger partial charge in [0.2, 0.25) is 0 Å². The first-order valence-corrected chi connectivity index (χ1v) is 11.3. The maximum atomic E-state index is 13.2. The van der Waals surface area contributed by atoms with Crippen LogP contribution in [0.5, 0.6) is 5.75 Å². The minimum Gasteiger partial charge on any atom is -0.507 e. The molecule has 1 atom stereocenters. The Morgan fingerprint density at radius 3 is 2.24 bits per heavy atom. The van der Waals surface area contributed by atoms with Crippen LogP contribution in [-0.2, 0) is 16.1 Å². The maximum absolute atomic E-state index is 13.2. The van der Waals surface area contributed by atoms with Gasteiger partial charge in [0.15, 0.2) is 0 Å². The van der Waals surface area contributed by atoms with E-state index in [2.05, 4.69) is 0 Å². The fraction of sp³-hybridized carbons (Fsp3) is 0.241. The molecule has 174 valence electrons. The molecule has 5 heteroatoms. The van der Waals surface area contributed by atoms with Crippen LogP contribution in [0.2, 0.25) is 0 Å². The van der Waals surface area contributed by atoms with Gasteiger partial charge in [-0.05, 0) is 51.0 Å². The molecule has 1 saturated heterocycles. The molecule has 0 bridgehead atoms. The van der Waals surface area contributed by atoms with Gasteiger partial charge < -0.3 is 14.7 Å². The number of nitrogens with zero attached hydrogens (tertiary/aromatic N) is 1. The number of aryl methyl sites for hydroxylation is 1. The molecule has 0 aliphatic carbocycles. The minimum absolute atomic E-state index is 0.106. The van der Waals surface area contributed by atoms with E-state index in [1.165, 1.54) is 4.90 Å². The van der Waals surface area contributed by atoms with Crippen LogP contribution in [0.1, 0.15) is 49.1 Å². The highest BCUT2D eigenvalue weighted by Crippen LogP contribution is 2.40. The van der Waals surface area contributed by atoms with Crippen LogP contribution in [0.15, 0.2) is 84.4 Å². The molecule has 1 fully saturated rings. The summed E-state index contributed by atoms with van der Waals surface area (Å²) in [6.07, 6.45) is 0. The van der Waals surface area contributed by atoms with Crippen molar-refractivity contribution in [3.63, 3.8) is 0 Å². The van der Waals surface area contributed by atoms with Crippen molar-refractivity contribution in [3.05, 3.63) is 107 Å². The fourth-order valence-electron chi connectivity index (χ4n) is 4.19. The largest absolute Gasteiger partial charge is 0.507 e. The molecule has 1 N–H and O–H groups in total. The molecular formula is C29H29NO4. The topological polar surface area (TPSA) is 66.8 Å². The Morgan fingerprint density at radius 1 is 0.941 bits per heavy atom. The second-order valence-electron chi connectivity index (χ2n) is 9.57. The normalized spacial score (nSPS) is 17.8. The van der Waals surface area contributed by atoms with Crippen molar-refractivity contribution in [2.75, 3.05) is 0 Å². The highest BCUT2D eigenvalue weighted by atomic mass is 16.5. The number of aliphatic hydroxyl groups is 1. The van der Waals surface area contributed by atoms with E-state index in [1.807, 2.05) is 82.3 Å². The number of ketones is 1. The van der Waals surface area contributed by atoms with Gasteiger partial charge in [-0.25, -0.2) is 0 Å². The van der Waals surface area contributed by atoms with Crippen LogP contribution < -0.4 is 4.74 Å². The first-order chi connectivity index (χ1) is 16.1. The smallest absolute Gasteiger partial charge is 0.295 e. The van der Waals surface area contributed by atoms with E-state index in [0.717, 1.165) is 22.4 Å². The number of amides is 1. The Kier molecular flexibility index (Phi) is 6.29. The average molecular weight is 456 g/mol. The number of rotatable bonds is 5. The fourth-order valence-corrected chi connectivity index (χ4v) is 4.19. The van der Waals surface area contributed by atoms with Gasteiger partial charge in [0, 0.05) is 12.1 Å². The molecule has 0 radical (unpaired) electrons. The lowest BCUT2D eigenvalue weighted by atomic mass is 9.94. The second kappa shape index (κ2) is 9.18. The highest BCUT2D eigenvalue weighted by Gasteiger charge is 2.46. The number of benzene rings is 3. The van der Waals surface area contributed by atoms with Crippen molar-refractivity contribution < 1.29 is 19.4 Å². The van der Waals surface area contributed by atoms with Crippen molar-refractivity contribution in [2.45, 2.75) is 45.9 Å². The van der Waals surface area contributed by atoms with E-state index in [-0.39, 0.29) is 23.5 Å². The number of aliphatic hydroxyl groups excluding tert-OH is 1. The number of hydrogen-bond acceptors (Lipinski definition) is 4. The molecule has 1 aliphatic heterocycles.